The number of anilines is 1. The summed E-state index contributed by atoms with van der Waals surface area (Å²) in [6.45, 7) is 5.57. The van der Waals surface area contributed by atoms with Crippen LogP contribution >= 0.6 is 0 Å². The molecule has 0 aliphatic rings. The summed E-state index contributed by atoms with van der Waals surface area (Å²) in [5.74, 6) is -0.0148. The van der Waals surface area contributed by atoms with Crippen LogP contribution in [0.3, 0.4) is 0 Å². The van der Waals surface area contributed by atoms with E-state index in [1.807, 2.05) is 13.8 Å². The molecule has 2 N–H and O–H groups in total. The van der Waals surface area contributed by atoms with Gasteiger partial charge in [0.15, 0.2) is 5.78 Å². The highest BCUT2D eigenvalue weighted by Gasteiger charge is 2.08. The molecule has 0 aliphatic heterocycles. The summed E-state index contributed by atoms with van der Waals surface area (Å²) >= 11 is 0. The summed E-state index contributed by atoms with van der Waals surface area (Å²) in [5.41, 5.74) is 1.22. The molecule has 0 radical (unpaired) electrons. The lowest BCUT2D eigenvalue weighted by Gasteiger charge is -2.15. The second-order valence-corrected chi connectivity index (χ2v) is 4.25. The van der Waals surface area contributed by atoms with E-state index in [2.05, 4.69) is 10.6 Å². The maximum absolute atomic E-state index is 11.7. The van der Waals surface area contributed by atoms with Crippen molar-refractivity contribution in [2.45, 2.75) is 39.7 Å². The van der Waals surface area contributed by atoms with Crippen molar-refractivity contribution in [2.75, 3.05) is 5.32 Å². The molecule has 0 aliphatic carbocycles. The molecule has 1 aromatic carbocycles. The highest BCUT2D eigenvalue weighted by molar-refractivity contribution is 5.96. The number of carbonyl (C=O) groups excluding carboxylic acids is 2. The van der Waals surface area contributed by atoms with Crippen molar-refractivity contribution in [1.29, 1.82) is 0 Å². The second-order valence-electron chi connectivity index (χ2n) is 4.25. The first kappa shape index (κ1) is 14.2. The minimum atomic E-state index is -0.232. The summed E-state index contributed by atoms with van der Waals surface area (Å²) in [5, 5.41) is 5.61. The van der Waals surface area contributed by atoms with E-state index >= 15 is 0 Å². The first-order chi connectivity index (χ1) is 8.56. The molecule has 0 atom stereocenters. The molecule has 18 heavy (non-hydrogen) atoms. The van der Waals surface area contributed by atoms with Gasteiger partial charge in [-0.25, -0.2) is 4.79 Å². The molecule has 0 bridgehead atoms. The van der Waals surface area contributed by atoms with Gasteiger partial charge in [0.2, 0.25) is 0 Å². The zero-order chi connectivity index (χ0) is 13.5. The van der Waals surface area contributed by atoms with E-state index in [-0.39, 0.29) is 17.9 Å². The Kier molecular flexibility index (Phi) is 5.36. The van der Waals surface area contributed by atoms with Gasteiger partial charge in [0, 0.05) is 17.3 Å². The van der Waals surface area contributed by atoms with Gasteiger partial charge in [-0.15, -0.1) is 0 Å². The Morgan fingerprint density at radius 3 is 2.44 bits per heavy atom. The van der Waals surface area contributed by atoms with Gasteiger partial charge in [-0.2, -0.15) is 0 Å². The maximum atomic E-state index is 11.7. The zero-order valence-electron chi connectivity index (χ0n) is 11.1. The van der Waals surface area contributed by atoms with Gasteiger partial charge in [-0.3, -0.25) is 4.79 Å². The number of nitrogens with one attached hydrogen (secondary N) is 2. The summed E-state index contributed by atoms with van der Waals surface area (Å²) in [6, 6.07) is 6.87. The Hall–Kier alpha value is -1.84. The third-order valence-electron chi connectivity index (χ3n) is 2.85. The van der Waals surface area contributed by atoms with Crippen LogP contribution in [0.15, 0.2) is 24.3 Å². The van der Waals surface area contributed by atoms with Gasteiger partial charge in [-0.1, -0.05) is 26.0 Å². The molecular formula is C14H20N2O2. The first-order valence-electron chi connectivity index (χ1n) is 6.25. The van der Waals surface area contributed by atoms with Crippen LogP contribution in [0.4, 0.5) is 10.5 Å². The van der Waals surface area contributed by atoms with Gasteiger partial charge >= 0.3 is 6.03 Å². The lowest BCUT2D eigenvalue weighted by Crippen LogP contribution is -2.37. The molecule has 0 spiro atoms. The van der Waals surface area contributed by atoms with Gasteiger partial charge < -0.3 is 10.6 Å². The van der Waals surface area contributed by atoms with Gasteiger partial charge in [0.25, 0.3) is 0 Å². The third-order valence-corrected chi connectivity index (χ3v) is 2.85. The summed E-state index contributed by atoms with van der Waals surface area (Å²) < 4.78 is 0. The molecule has 4 nitrogen and oxygen atoms in total. The molecule has 0 fully saturated rings. The number of hydrogen-bond acceptors (Lipinski definition) is 2. The molecule has 0 aromatic heterocycles. The van der Waals surface area contributed by atoms with Crippen LogP contribution < -0.4 is 10.6 Å². The Morgan fingerprint density at radius 1 is 1.22 bits per heavy atom. The van der Waals surface area contributed by atoms with E-state index in [1.54, 1.807) is 24.3 Å². The van der Waals surface area contributed by atoms with Gasteiger partial charge in [0.05, 0.1) is 0 Å². The van der Waals surface area contributed by atoms with Crippen molar-refractivity contribution in [1.82, 2.24) is 5.32 Å². The number of carbonyl (C=O) groups is 2. The zero-order valence-corrected chi connectivity index (χ0v) is 11.1. The highest BCUT2D eigenvalue weighted by Crippen LogP contribution is 2.11. The molecule has 98 valence electrons. The predicted molar refractivity (Wildman–Crippen MR) is 73.0 cm³/mol. The average Bonchev–Trinajstić information content (AvgIpc) is 2.36. The molecule has 2 amide bonds. The molecule has 0 saturated heterocycles. The Labute approximate surface area is 108 Å². The second kappa shape index (κ2) is 6.79. The molecule has 0 heterocycles. The molecule has 4 heteroatoms. The predicted octanol–water partition coefficient (Wildman–Crippen LogP) is 3.20. The fourth-order valence-corrected chi connectivity index (χ4v) is 1.66. The number of ketones is 1. The SMILES string of the molecule is CCC(CC)NC(=O)Nc1cccc(C(C)=O)c1. The highest BCUT2D eigenvalue weighted by atomic mass is 16.2. The van der Waals surface area contributed by atoms with Crippen LogP contribution in [-0.2, 0) is 0 Å². The minimum Gasteiger partial charge on any atom is -0.335 e. The Bertz CT molecular complexity index is 426. The minimum absolute atomic E-state index is 0.0148. The summed E-state index contributed by atoms with van der Waals surface area (Å²) in [6.07, 6.45) is 1.80. The van der Waals surface area contributed by atoms with Crippen molar-refractivity contribution in [3.05, 3.63) is 29.8 Å². The van der Waals surface area contributed by atoms with E-state index in [4.69, 9.17) is 0 Å². The lowest BCUT2D eigenvalue weighted by molar-refractivity contribution is 0.101. The van der Waals surface area contributed by atoms with E-state index in [9.17, 15) is 9.59 Å². The standard InChI is InChI=1S/C14H20N2O2/c1-4-12(5-2)15-14(18)16-13-8-6-7-11(9-13)10(3)17/h6-9,12H,4-5H2,1-3H3,(H2,15,16,18). The van der Waals surface area contributed by atoms with Crippen molar-refractivity contribution in [2.24, 2.45) is 0 Å². The van der Waals surface area contributed by atoms with E-state index < -0.39 is 0 Å². The summed E-state index contributed by atoms with van der Waals surface area (Å²) in [7, 11) is 0. The number of urea groups is 1. The van der Waals surface area contributed by atoms with Crippen molar-refractivity contribution in [3.8, 4) is 0 Å². The largest absolute Gasteiger partial charge is 0.335 e. The van der Waals surface area contributed by atoms with Gasteiger partial charge in [-0.05, 0) is 31.9 Å². The van der Waals surface area contributed by atoms with Crippen LogP contribution in [0, 0.1) is 0 Å². The van der Waals surface area contributed by atoms with Crippen LogP contribution in [0.1, 0.15) is 44.0 Å². The average molecular weight is 248 g/mol. The maximum Gasteiger partial charge on any atom is 0.319 e. The molecule has 1 aromatic rings. The van der Waals surface area contributed by atoms with Crippen LogP contribution in [0.2, 0.25) is 0 Å². The fourth-order valence-electron chi connectivity index (χ4n) is 1.66. The number of amides is 2. The van der Waals surface area contributed by atoms with Crippen LogP contribution in [0.5, 0.6) is 0 Å². The smallest absolute Gasteiger partial charge is 0.319 e. The van der Waals surface area contributed by atoms with Crippen LogP contribution in [0.25, 0.3) is 0 Å². The van der Waals surface area contributed by atoms with Crippen molar-refractivity contribution < 1.29 is 9.59 Å². The summed E-state index contributed by atoms with van der Waals surface area (Å²) in [4.78, 5) is 22.9. The lowest BCUT2D eigenvalue weighted by atomic mass is 10.1. The van der Waals surface area contributed by atoms with Crippen LogP contribution in [-0.4, -0.2) is 17.9 Å². The quantitative estimate of drug-likeness (QED) is 0.786. The van der Waals surface area contributed by atoms with E-state index in [0.29, 0.717) is 11.3 Å². The fraction of sp³-hybridized carbons (Fsp3) is 0.429. The van der Waals surface area contributed by atoms with Crippen molar-refractivity contribution in [3.63, 3.8) is 0 Å². The first-order valence-corrected chi connectivity index (χ1v) is 6.25. The number of Topliss-reactive ketones (excluding diaryl/α,β-unsaturated/α-hetero) is 1. The number of rotatable bonds is 5. The Balaban J connectivity index is 2.64. The topological polar surface area (TPSA) is 58.2 Å². The molecule has 0 saturated carbocycles. The normalized spacial score (nSPS) is 10.2. The van der Waals surface area contributed by atoms with E-state index in [0.717, 1.165) is 12.8 Å². The number of benzene rings is 1. The van der Waals surface area contributed by atoms with Gasteiger partial charge in [0.1, 0.15) is 0 Å². The monoisotopic (exact) mass is 248 g/mol. The third kappa shape index (κ3) is 4.20. The Morgan fingerprint density at radius 2 is 1.89 bits per heavy atom. The molecule has 1 rings (SSSR count). The van der Waals surface area contributed by atoms with Crippen molar-refractivity contribution >= 4 is 17.5 Å². The number of hydrogen-bond donors (Lipinski definition) is 2. The molecular weight excluding hydrogens is 228 g/mol. The van der Waals surface area contributed by atoms with E-state index in [1.165, 1.54) is 6.92 Å². The molecule has 0 unspecified atom stereocenters.